The molecule has 2 aromatic carbocycles. The molecular formula is C29H41N3O4S. The van der Waals surface area contributed by atoms with Crippen LogP contribution in [0.4, 0.5) is 0 Å². The Hall–Kier alpha value is -2.42. The average Bonchev–Trinajstić information content (AvgIpc) is 2.87. The second-order valence-electron chi connectivity index (χ2n) is 11.3. The standard InChI is InChI=1S/C29H41N3O4S/c1-29(2,3)30-20-21-11-16-26-22(18-21)8-7-10-27(26)31-28(33)19-23-9-5-6-17-32(23)37(34,35)25-14-12-24(36-4)13-15-25/h11-16,18,23,27,30H,5-10,17,19-20H2,1-4H3,(H,31,33)/t23-,27+/m0/s1. The predicted molar refractivity (Wildman–Crippen MR) is 146 cm³/mol. The molecule has 1 aliphatic heterocycles. The van der Waals surface area contributed by atoms with E-state index in [0.29, 0.717) is 18.7 Å². The molecule has 202 valence electrons. The van der Waals surface area contributed by atoms with Gasteiger partial charge in [-0.15, -0.1) is 0 Å². The maximum atomic E-state index is 13.4. The van der Waals surface area contributed by atoms with Crippen LogP contribution in [0.25, 0.3) is 0 Å². The molecule has 8 heteroatoms. The van der Waals surface area contributed by atoms with Crippen LogP contribution in [0.3, 0.4) is 0 Å². The van der Waals surface area contributed by atoms with E-state index in [2.05, 4.69) is 49.6 Å². The Kier molecular flexibility index (Phi) is 8.61. The zero-order chi connectivity index (χ0) is 26.6. The number of carbonyl (C=O) groups is 1. The van der Waals surface area contributed by atoms with Crippen LogP contribution in [-0.4, -0.2) is 43.9 Å². The second-order valence-corrected chi connectivity index (χ2v) is 13.2. The van der Waals surface area contributed by atoms with Crippen LogP contribution in [-0.2, 0) is 27.8 Å². The highest BCUT2D eigenvalue weighted by atomic mass is 32.2. The van der Waals surface area contributed by atoms with E-state index in [0.717, 1.165) is 38.6 Å². The zero-order valence-electron chi connectivity index (χ0n) is 22.5. The number of hydrogen-bond donors (Lipinski definition) is 2. The van der Waals surface area contributed by atoms with Gasteiger partial charge in [-0.2, -0.15) is 4.31 Å². The summed E-state index contributed by atoms with van der Waals surface area (Å²) in [5, 5.41) is 6.77. The number of carbonyl (C=O) groups excluding carboxylic acids is 1. The maximum absolute atomic E-state index is 13.4. The maximum Gasteiger partial charge on any atom is 0.243 e. The van der Waals surface area contributed by atoms with E-state index in [1.165, 1.54) is 21.0 Å². The Morgan fingerprint density at radius 1 is 1.05 bits per heavy atom. The Labute approximate surface area is 222 Å². The SMILES string of the molecule is COc1ccc(S(=O)(=O)N2CCCC[C@H]2CC(=O)N[C@@H]2CCCc3cc(CNC(C)(C)C)ccc32)cc1. The Bertz CT molecular complexity index is 1190. The van der Waals surface area contributed by atoms with Crippen molar-refractivity contribution in [3.05, 3.63) is 59.2 Å². The molecule has 1 saturated heterocycles. The lowest BCUT2D eigenvalue weighted by atomic mass is 9.86. The predicted octanol–water partition coefficient (Wildman–Crippen LogP) is 4.71. The summed E-state index contributed by atoms with van der Waals surface area (Å²) in [5.74, 6) is 0.525. The number of aryl methyl sites for hydroxylation is 1. The zero-order valence-corrected chi connectivity index (χ0v) is 23.4. The summed E-state index contributed by atoms with van der Waals surface area (Å²) in [6, 6.07) is 12.6. The number of hydrogen-bond acceptors (Lipinski definition) is 5. The lowest BCUT2D eigenvalue weighted by Crippen LogP contribution is -2.46. The number of ether oxygens (including phenoxy) is 1. The fraction of sp³-hybridized carbons (Fsp3) is 0.552. The van der Waals surface area contributed by atoms with E-state index in [9.17, 15) is 13.2 Å². The number of methoxy groups -OCH3 is 1. The largest absolute Gasteiger partial charge is 0.497 e. The molecule has 1 fully saturated rings. The van der Waals surface area contributed by atoms with Crippen molar-refractivity contribution in [2.45, 2.75) is 94.8 Å². The summed E-state index contributed by atoms with van der Waals surface area (Å²) in [5.41, 5.74) is 3.79. The number of rotatable bonds is 8. The number of amides is 1. The smallest absolute Gasteiger partial charge is 0.243 e. The minimum Gasteiger partial charge on any atom is -0.497 e. The third kappa shape index (κ3) is 6.92. The Balaban J connectivity index is 1.43. The molecule has 0 unspecified atom stereocenters. The summed E-state index contributed by atoms with van der Waals surface area (Å²) in [6.07, 6.45) is 5.52. The van der Waals surface area contributed by atoms with Gasteiger partial charge in [-0.05, 0) is 93.8 Å². The molecule has 0 spiro atoms. The van der Waals surface area contributed by atoms with E-state index >= 15 is 0 Å². The highest BCUT2D eigenvalue weighted by Crippen LogP contribution is 2.32. The van der Waals surface area contributed by atoms with Crippen LogP contribution in [0.1, 0.15) is 82.0 Å². The van der Waals surface area contributed by atoms with Crippen molar-refractivity contribution in [1.29, 1.82) is 0 Å². The average molecular weight is 528 g/mol. The van der Waals surface area contributed by atoms with E-state index in [1.807, 2.05) is 0 Å². The summed E-state index contributed by atoms with van der Waals surface area (Å²) in [7, 11) is -2.14. The lowest BCUT2D eigenvalue weighted by molar-refractivity contribution is -0.123. The topological polar surface area (TPSA) is 87.7 Å². The number of nitrogens with zero attached hydrogens (tertiary/aromatic N) is 1. The Morgan fingerprint density at radius 3 is 2.51 bits per heavy atom. The lowest BCUT2D eigenvalue weighted by Gasteiger charge is -2.35. The molecule has 4 rings (SSSR count). The monoisotopic (exact) mass is 527 g/mol. The normalized spacial score (nSPS) is 20.8. The second kappa shape index (κ2) is 11.5. The molecule has 2 N–H and O–H groups in total. The molecule has 7 nitrogen and oxygen atoms in total. The van der Waals surface area contributed by atoms with Crippen LogP contribution in [0.2, 0.25) is 0 Å². The van der Waals surface area contributed by atoms with Crippen LogP contribution < -0.4 is 15.4 Å². The fourth-order valence-corrected chi connectivity index (χ4v) is 7.03. The van der Waals surface area contributed by atoms with E-state index < -0.39 is 10.0 Å². The number of fused-ring (bicyclic) bond motifs is 1. The fourth-order valence-electron chi connectivity index (χ4n) is 5.34. The van der Waals surface area contributed by atoms with Gasteiger partial charge in [0.15, 0.2) is 0 Å². The molecule has 2 aromatic rings. The highest BCUT2D eigenvalue weighted by molar-refractivity contribution is 7.89. The van der Waals surface area contributed by atoms with Crippen molar-refractivity contribution >= 4 is 15.9 Å². The van der Waals surface area contributed by atoms with Crippen molar-refractivity contribution in [2.75, 3.05) is 13.7 Å². The molecular weight excluding hydrogens is 486 g/mol. The van der Waals surface area contributed by atoms with Gasteiger partial charge in [0.05, 0.1) is 18.0 Å². The third-order valence-electron chi connectivity index (χ3n) is 7.34. The molecule has 37 heavy (non-hydrogen) atoms. The number of sulfonamides is 1. The van der Waals surface area contributed by atoms with Gasteiger partial charge in [0.2, 0.25) is 15.9 Å². The number of piperidine rings is 1. The first kappa shape index (κ1) is 27.6. The van der Waals surface area contributed by atoms with Gasteiger partial charge in [-0.1, -0.05) is 24.6 Å². The van der Waals surface area contributed by atoms with Crippen LogP contribution in [0.5, 0.6) is 5.75 Å². The summed E-state index contributed by atoms with van der Waals surface area (Å²) >= 11 is 0. The van der Waals surface area contributed by atoms with Crippen molar-refractivity contribution in [2.24, 2.45) is 0 Å². The Morgan fingerprint density at radius 2 is 1.81 bits per heavy atom. The van der Waals surface area contributed by atoms with Crippen molar-refractivity contribution in [3.63, 3.8) is 0 Å². The van der Waals surface area contributed by atoms with Crippen molar-refractivity contribution < 1.29 is 17.9 Å². The highest BCUT2D eigenvalue weighted by Gasteiger charge is 2.35. The number of nitrogens with one attached hydrogen (secondary N) is 2. The molecule has 2 atom stereocenters. The molecule has 1 aliphatic carbocycles. The molecule has 0 saturated carbocycles. The summed E-state index contributed by atoms with van der Waals surface area (Å²) < 4.78 is 33.6. The van der Waals surface area contributed by atoms with Gasteiger partial charge >= 0.3 is 0 Å². The first-order valence-corrected chi connectivity index (χ1v) is 14.8. The molecule has 0 aromatic heterocycles. The van der Waals surface area contributed by atoms with E-state index in [1.54, 1.807) is 31.4 Å². The van der Waals surface area contributed by atoms with E-state index in [-0.39, 0.29) is 34.8 Å². The first-order valence-electron chi connectivity index (χ1n) is 13.4. The van der Waals surface area contributed by atoms with Gasteiger partial charge in [0.25, 0.3) is 0 Å². The third-order valence-corrected chi connectivity index (χ3v) is 9.31. The van der Waals surface area contributed by atoms with Crippen LogP contribution in [0.15, 0.2) is 47.4 Å². The van der Waals surface area contributed by atoms with Crippen LogP contribution >= 0.6 is 0 Å². The quantitative estimate of drug-likeness (QED) is 0.519. The minimum atomic E-state index is -3.69. The van der Waals surface area contributed by atoms with Gasteiger partial charge in [0.1, 0.15) is 5.75 Å². The molecule has 0 bridgehead atoms. The van der Waals surface area contributed by atoms with Gasteiger partial charge < -0.3 is 15.4 Å². The molecule has 1 heterocycles. The van der Waals surface area contributed by atoms with Crippen molar-refractivity contribution in [1.82, 2.24) is 14.9 Å². The van der Waals surface area contributed by atoms with Crippen LogP contribution in [0, 0.1) is 0 Å². The van der Waals surface area contributed by atoms with Gasteiger partial charge in [-0.25, -0.2) is 8.42 Å². The molecule has 1 amide bonds. The number of benzene rings is 2. The van der Waals surface area contributed by atoms with Gasteiger partial charge in [0, 0.05) is 31.1 Å². The van der Waals surface area contributed by atoms with E-state index in [4.69, 9.17) is 4.74 Å². The first-order chi connectivity index (χ1) is 17.6. The molecule has 2 aliphatic rings. The van der Waals surface area contributed by atoms with Gasteiger partial charge in [-0.3, -0.25) is 4.79 Å². The molecule has 0 radical (unpaired) electrons. The summed E-state index contributed by atoms with van der Waals surface area (Å²) in [6.45, 7) is 7.73. The summed E-state index contributed by atoms with van der Waals surface area (Å²) in [4.78, 5) is 13.4. The minimum absolute atomic E-state index is 0.0314. The van der Waals surface area contributed by atoms with Crippen molar-refractivity contribution in [3.8, 4) is 5.75 Å².